The van der Waals surface area contributed by atoms with Crippen LogP contribution in [0.25, 0.3) is 55.3 Å². The Hall–Kier alpha value is -7.94. The van der Waals surface area contributed by atoms with Crippen LogP contribution in [0.4, 0.5) is 34.1 Å². The number of para-hydroxylation sites is 2. The molecule has 284 valence electrons. The molecule has 0 N–H and O–H groups in total. The van der Waals surface area contributed by atoms with Crippen LogP contribution in [0.2, 0.25) is 0 Å². The van der Waals surface area contributed by atoms with Gasteiger partial charge in [0.05, 0.1) is 5.69 Å². The molecule has 0 radical (unpaired) electrons. The second kappa shape index (κ2) is 16.5. The zero-order valence-corrected chi connectivity index (χ0v) is 33.1. The number of anilines is 6. The summed E-state index contributed by atoms with van der Waals surface area (Å²) in [6, 6.07) is 91.6. The molecule has 0 bridgehead atoms. The van der Waals surface area contributed by atoms with Crippen LogP contribution in [-0.4, -0.2) is 0 Å². The quantitative estimate of drug-likeness (QED) is 0.137. The number of hydrogen-bond acceptors (Lipinski definition) is 2. The summed E-state index contributed by atoms with van der Waals surface area (Å²) in [5.74, 6) is 0. The number of fused-ring (bicyclic) bond motifs is 1. The third kappa shape index (κ3) is 7.23. The Balaban J connectivity index is 1.26. The minimum Gasteiger partial charge on any atom is -0.310 e. The summed E-state index contributed by atoms with van der Waals surface area (Å²) >= 11 is 0. The van der Waals surface area contributed by atoms with Crippen molar-refractivity contribution in [2.75, 3.05) is 9.80 Å². The van der Waals surface area contributed by atoms with Crippen molar-refractivity contribution in [1.29, 1.82) is 0 Å². The zero-order valence-electron chi connectivity index (χ0n) is 33.1. The lowest BCUT2D eigenvalue weighted by Gasteiger charge is -2.30. The van der Waals surface area contributed by atoms with Gasteiger partial charge in [-0.25, -0.2) is 0 Å². The molecular formula is C58H42N2. The van der Waals surface area contributed by atoms with Gasteiger partial charge in [0, 0.05) is 33.8 Å². The van der Waals surface area contributed by atoms with E-state index in [1.165, 1.54) is 38.8 Å². The Morgan fingerprint density at radius 2 is 0.567 bits per heavy atom. The standard InChI is InChI=1S/C58H42N2/c1-7-19-43(20-8-1)45-31-35-51(36-32-45)59(49-27-15-5-16-28-49)53-41-55(48-25-13-4-14-26-48)58-54(47-23-11-3-12-24-47)39-40-57(56(58)42-53)60(50-29-17-6-18-30-50)52-37-33-46(34-38-52)44-21-9-2-10-22-44/h1-42H. The summed E-state index contributed by atoms with van der Waals surface area (Å²) in [6.07, 6.45) is 0. The summed E-state index contributed by atoms with van der Waals surface area (Å²) in [4.78, 5) is 4.80. The Morgan fingerprint density at radius 1 is 0.217 bits per heavy atom. The molecule has 10 aromatic rings. The fourth-order valence-electron chi connectivity index (χ4n) is 8.38. The fraction of sp³-hybridized carbons (Fsp3) is 0. The Labute approximate surface area is 352 Å². The molecule has 2 nitrogen and oxygen atoms in total. The van der Waals surface area contributed by atoms with E-state index in [9.17, 15) is 0 Å². The van der Waals surface area contributed by atoms with Gasteiger partial charge in [0.25, 0.3) is 0 Å². The van der Waals surface area contributed by atoms with Crippen LogP contribution in [0.1, 0.15) is 0 Å². The van der Waals surface area contributed by atoms with Crippen molar-refractivity contribution < 1.29 is 0 Å². The SMILES string of the molecule is c1ccc(-c2ccc(N(c3ccccc3)c3cc(-c4ccccc4)c4c(-c5ccccc5)ccc(N(c5ccccc5)c5ccc(-c6ccccc6)cc5)c4c3)cc2)cc1. The molecule has 0 saturated heterocycles. The highest BCUT2D eigenvalue weighted by molar-refractivity contribution is 6.14. The molecule has 2 heteroatoms. The van der Waals surface area contributed by atoms with Gasteiger partial charge in [-0.3, -0.25) is 0 Å². The molecule has 60 heavy (non-hydrogen) atoms. The fourth-order valence-corrected chi connectivity index (χ4v) is 8.38. The van der Waals surface area contributed by atoms with Crippen molar-refractivity contribution in [3.05, 3.63) is 255 Å². The molecule has 0 amide bonds. The van der Waals surface area contributed by atoms with Crippen LogP contribution in [0.5, 0.6) is 0 Å². The van der Waals surface area contributed by atoms with E-state index in [0.29, 0.717) is 0 Å². The Kier molecular flexibility index (Phi) is 10.0. The third-order valence-electron chi connectivity index (χ3n) is 11.2. The molecule has 0 saturated carbocycles. The normalized spacial score (nSPS) is 11.0. The molecule has 0 aromatic heterocycles. The number of nitrogens with zero attached hydrogens (tertiary/aromatic N) is 2. The monoisotopic (exact) mass is 766 g/mol. The van der Waals surface area contributed by atoms with Gasteiger partial charge in [-0.05, 0) is 117 Å². The molecular weight excluding hydrogens is 725 g/mol. The topological polar surface area (TPSA) is 6.48 Å². The van der Waals surface area contributed by atoms with Gasteiger partial charge in [0.1, 0.15) is 0 Å². The van der Waals surface area contributed by atoms with E-state index >= 15 is 0 Å². The second-order valence-corrected chi connectivity index (χ2v) is 14.9. The number of rotatable bonds is 10. The minimum atomic E-state index is 1.07. The summed E-state index contributed by atoms with van der Waals surface area (Å²) in [6.45, 7) is 0. The Morgan fingerprint density at radius 3 is 1.03 bits per heavy atom. The average molecular weight is 767 g/mol. The van der Waals surface area contributed by atoms with Crippen molar-refractivity contribution in [3.63, 3.8) is 0 Å². The van der Waals surface area contributed by atoms with E-state index < -0.39 is 0 Å². The Bertz CT molecular complexity index is 2970. The average Bonchev–Trinajstić information content (AvgIpc) is 3.34. The first kappa shape index (κ1) is 36.4. The molecule has 0 spiro atoms. The van der Waals surface area contributed by atoms with Crippen molar-refractivity contribution in [2.45, 2.75) is 0 Å². The largest absolute Gasteiger partial charge is 0.310 e. The molecule has 0 aliphatic rings. The lowest BCUT2D eigenvalue weighted by atomic mass is 9.89. The highest BCUT2D eigenvalue weighted by atomic mass is 15.2. The van der Waals surface area contributed by atoms with Crippen LogP contribution in [-0.2, 0) is 0 Å². The van der Waals surface area contributed by atoms with Gasteiger partial charge in [0.15, 0.2) is 0 Å². The highest BCUT2D eigenvalue weighted by Gasteiger charge is 2.23. The molecule has 0 atom stereocenters. The van der Waals surface area contributed by atoms with Crippen molar-refractivity contribution in [1.82, 2.24) is 0 Å². The zero-order chi connectivity index (χ0) is 40.1. The predicted octanol–water partition coefficient (Wildman–Crippen LogP) is 16.4. The first-order valence-electron chi connectivity index (χ1n) is 20.5. The minimum absolute atomic E-state index is 1.07. The smallest absolute Gasteiger partial charge is 0.0541 e. The van der Waals surface area contributed by atoms with Crippen LogP contribution in [0.15, 0.2) is 255 Å². The molecule has 0 fully saturated rings. The van der Waals surface area contributed by atoms with Crippen molar-refractivity contribution in [2.24, 2.45) is 0 Å². The highest BCUT2D eigenvalue weighted by Crippen LogP contribution is 2.49. The van der Waals surface area contributed by atoms with Crippen molar-refractivity contribution in [3.8, 4) is 44.5 Å². The van der Waals surface area contributed by atoms with Gasteiger partial charge in [-0.1, -0.05) is 188 Å². The van der Waals surface area contributed by atoms with E-state index in [1.54, 1.807) is 0 Å². The van der Waals surface area contributed by atoms with Gasteiger partial charge < -0.3 is 9.80 Å². The van der Waals surface area contributed by atoms with E-state index in [-0.39, 0.29) is 0 Å². The molecule has 0 aliphatic carbocycles. The summed E-state index contributed by atoms with van der Waals surface area (Å²) in [5.41, 5.74) is 15.9. The lowest BCUT2D eigenvalue weighted by molar-refractivity contribution is 1.28. The maximum absolute atomic E-state index is 2.41. The molecule has 0 aliphatic heterocycles. The molecule has 10 aromatic carbocycles. The molecule has 10 rings (SSSR count). The lowest BCUT2D eigenvalue weighted by Crippen LogP contribution is -2.12. The number of benzene rings is 10. The van der Waals surface area contributed by atoms with E-state index in [0.717, 1.165) is 50.6 Å². The third-order valence-corrected chi connectivity index (χ3v) is 11.2. The summed E-state index contributed by atoms with van der Waals surface area (Å²) in [7, 11) is 0. The van der Waals surface area contributed by atoms with Crippen LogP contribution < -0.4 is 9.80 Å². The van der Waals surface area contributed by atoms with Gasteiger partial charge in [-0.15, -0.1) is 0 Å². The van der Waals surface area contributed by atoms with Crippen LogP contribution >= 0.6 is 0 Å². The van der Waals surface area contributed by atoms with E-state index in [4.69, 9.17) is 0 Å². The van der Waals surface area contributed by atoms with Gasteiger partial charge in [0.2, 0.25) is 0 Å². The van der Waals surface area contributed by atoms with Crippen LogP contribution in [0, 0.1) is 0 Å². The molecule has 0 unspecified atom stereocenters. The van der Waals surface area contributed by atoms with E-state index in [1.807, 2.05) is 0 Å². The second-order valence-electron chi connectivity index (χ2n) is 14.9. The summed E-state index contributed by atoms with van der Waals surface area (Å²) < 4.78 is 0. The van der Waals surface area contributed by atoms with E-state index in [2.05, 4.69) is 265 Å². The van der Waals surface area contributed by atoms with Gasteiger partial charge >= 0.3 is 0 Å². The maximum Gasteiger partial charge on any atom is 0.0541 e. The van der Waals surface area contributed by atoms with Crippen molar-refractivity contribution >= 4 is 44.9 Å². The molecule has 0 heterocycles. The maximum atomic E-state index is 2.41. The predicted molar refractivity (Wildman–Crippen MR) is 255 cm³/mol. The van der Waals surface area contributed by atoms with Crippen LogP contribution in [0.3, 0.4) is 0 Å². The summed E-state index contributed by atoms with van der Waals surface area (Å²) in [5, 5.41) is 2.34. The number of hydrogen-bond donors (Lipinski definition) is 0. The van der Waals surface area contributed by atoms with Gasteiger partial charge in [-0.2, -0.15) is 0 Å². The first-order valence-corrected chi connectivity index (χ1v) is 20.5. The first-order chi connectivity index (χ1) is 29.8.